The zero-order valence-electron chi connectivity index (χ0n) is 56.5. The predicted molar refractivity (Wildman–Crippen MR) is 370 cm³/mol. The summed E-state index contributed by atoms with van der Waals surface area (Å²) in [5.41, 5.74) is 13.0. The Kier molecular flexibility index (Phi) is 30.8. The third-order valence-electron chi connectivity index (χ3n) is 16.8. The quantitative estimate of drug-likeness (QED) is 0.0288. The van der Waals surface area contributed by atoms with Crippen LogP contribution in [0.25, 0.3) is 10.8 Å². The van der Waals surface area contributed by atoms with Gasteiger partial charge < -0.3 is 69.1 Å². The molecule has 1 saturated heterocycles. The van der Waals surface area contributed by atoms with Crippen LogP contribution < -0.4 is 54.0 Å². The number of ketones is 1. The van der Waals surface area contributed by atoms with Crippen molar-refractivity contribution < 1.29 is 63.0 Å². The van der Waals surface area contributed by atoms with Crippen LogP contribution in [0, 0.1) is 12.3 Å². The number of fused-ring (bicyclic) bond motifs is 1. The number of likely N-dealkylation sites (tertiary alicyclic amines) is 1. The Morgan fingerprint density at radius 2 is 1.24 bits per heavy atom. The molecule has 1 aliphatic heterocycles. The molecule has 0 spiro atoms. The fraction of sp³-hybridized carbons (Fsp3) is 0.479. The van der Waals surface area contributed by atoms with Gasteiger partial charge in [0, 0.05) is 68.3 Å². The number of unbranched alkanes of at least 4 members (excludes halogenated alkanes) is 2. The Balaban J connectivity index is 1.27. The summed E-state index contributed by atoms with van der Waals surface area (Å²) in [7, 11) is 0. The van der Waals surface area contributed by atoms with Crippen molar-refractivity contribution in [3.05, 3.63) is 137 Å². The summed E-state index contributed by atoms with van der Waals surface area (Å²) in [6.07, 6.45) is 9.76. The number of halogens is 1. The molecule has 1 aromatic heterocycles. The van der Waals surface area contributed by atoms with Crippen LogP contribution in [0.5, 0.6) is 5.75 Å². The molecule has 14 N–H and O–H groups in total. The maximum Gasteiger partial charge on any atom is 0.312 e. The van der Waals surface area contributed by atoms with E-state index in [1.54, 1.807) is 24.6 Å². The summed E-state index contributed by atoms with van der Waals surface area (Å²) < 4.78 is 0. The molecule has 6 rings (SSSR count). The van der Waals surface area contributed by atoms with Gasteiger partial charge in [-0.25, -0.2) is 4.79 Å². The van der Waals surface area contributed by atoms with E-state index >= 15 is 14.4 Å². The lowest BCUT2D eigenvalue weighted by atomic mass is 9.90. The molecular weight excluding hydrogens is 1280 g/mol. The molecule has 2 heterocycles. The first-order valence-electron chi connectivity index (χ1n) is 33.4. The summed E-state index contributed by atoms with van der Waals surface area (Å²) in [5.74, 6) is -8.17. The number of aromatic hydroxyl groups is 1. The molecular formula is C71H95ClN13O13. The molecule has 529 valence electrons. The zero-order valence-corrected chi connectivity index (χ0v) is 57.3. The normalized spacial score (nSPS) is 16.2. The summed E-state index contributed by atoms with van der Waals surface area (Å²) >= 11 is 6.42. The number of phenolic OH excluding ortho intramolecular Hbond substituents is 1. The lowest BCUT2D eigenvalue weighted by molar-refractivity contribution is -0.155. The number of urea groups is 1. The molecule has 0 saturated carbocycles. The van der Waals surface area contributed by atoms with Crippen molar-refractivity contribution in [3.63, 3.8) is 0 Å². The third-order valence-corrected chi connectivity index (χ3v) is 17.1. The maximum absolute atomic E-state index is 15.3. The number of allylic oxidation sites excluding steroid dienone is 3. The number of nitrogens with two attached hydrogens (primary N) is 2. The van der Waals surface area contributed by atoms with E-state index in [2.05, 4.69) is 47.5 Å². The number of aliphatic hydroxyl groups is 1. The molecule has 1 fully saturated rings. The fourth-order valence-electron chi connectivity index (χ4n) is 11.7. The van der Waals surface area contributed by atoms with Crippen LogP contribution in [0.3, 0.4) is 0 Å². The molecule has 1 radical (unpaired) electrons. The van der Waals surface area contributed by atoms with Crippen LogP contribution in [0.2, 0.25) is 0 Å². The summed E-state index contributed by atoms with van der Waals surface area (Å²) in [5, 5.41) is 44.7. The second kappa shape index (κ2) is 38.7. The number of nitrogens with zero attached hydrogens (tertiary/aromatic N) is 3. The Hall–Kier alpha value is -9.11. The zero-order chi connectivity index (χ0) is 71.6. The largest absolute Gasteiger partial charge is 0.508 e. The Labute approximate surface area is 577 Å². The van der Waals surface area contributed by atoms with Gasteiger partial charge in [-0.3, -0.25) is 57.8 Å². The van der Waals surface area contributed by atoms with Gasteiger partial charge in [-0.05, 0) is 142 Å². The first kappa shape index (κ1) is 77.9. The average Bonchev–Trinajstić information content (AvgIpc) is 1.36. The minimum absolute atomic E-state index is 0.0195. The van der Waals surface area contributed by atoms with Gasteiger partial charge in [-0.1, -0.05) is 106 Å². The number of carbonyl (C=O) groups is 11. The van der Waals surface area contributed by atoms with E-state index in [0.29, 0.717) is 54.0 Å². The second-order valence-corrected chi connectivity index (χ2v) is 26.0. The number of aliphatic hydroxyl groups excluding tert-OH is 1. The first-order valence-corrected chi connectivity index (χ1v) is 33.8. The number of pyridine rings is 1. The van der Waals surface area contributed by atoms with Crippen LogP contribution in [0.1, 0.15) is 122 Å². The number of carbonyl (C=O) groups excluding carboxylic acids is 11. The molecule has 98 heavy (non-hydrogen) atoms. The van der Waals surface area contributed by atoms with E-state index in [-0.39, 0.29) is 94.2 Å². The van der Waals surface area contributed by atoms with Crippen molar-refractivity contribution in [2.75, 3.05) is 26.2 Å². The summed E-state index contributed by atoms with van der Waals surface area (Å²) in [6.45, 7) is 9.97. The molecule has 0 bridgehead atoms. The second-order valence-electron chi connectivity index (χ2n) is 25.6. The Bertz CT molecular complexity index is 3500. The number of benzene rings is 3. The number of aromatic nitrogens is 1. The molecule has 26 nitrogen and oxygen atoms in total. The smallest absolute Gasteiger partial charge is 0.312 e. The lowest BCUT2D eigenvalue weighted by Crippen LogP contribution is -2.61. The van der Waals surface area contributed by atoms with Gasteiger partial charge in [-0.15, -0.1) is 0 Å². The number of hydrogen-bond acceptors (Lipinski definition) is 16. The number of nitrogens with one attached hydrogen (secondary N) is 8. The number of Topliss-reactive ketones (excluding diaryl/α,β-unsaturated/α-hetero) is 1. The molecule has 4 aromatic rings. The highest BCUT2D eigenvalue weighted by Crippen LogP contribution is 2.29. The van der Waals surface area contributed by atoms with Crippen molar-refractivity contribution in [2.24, 2.45) is 17.4 Å². The van der Waals surface area contributed by atoms with E-state index in [0.717, 1.165) is 15.7 Å². The van der Waals surface area contributed by atoms with E-state index in [1.807, 2.05) is 70.2 Å². The molecule has 11 amide bonds. The molecule has 1 aliphatic carbocycles. The number of imide groups is 1. The van der Waals surface area contributed by atoms with Crippen LogP contribution in [0.15, 0.2) is 114 Å². The maximum atomic E-state index is 15.3. The van der Waals surface area contributed by atoms with Gasteiger partial charge in [0.1, 0.15) is 54.1 Å². The van der Waals surface area contributed by atoms with Crippen molar-refractivity contribution >= 4 is 87.4 Å². The van der Waals surface area contributed by atoms with Gasteiger partial charge in [0.05, 0.1) is 12.6 Å². The van der Waals surface area contributed by atoms with Gasteiger partial charge in [-0.2, -0.15) is 0 Å². The molecule has 9 atom stereocenters. The molecule has 0 unspecified atom stereocenters. The molecule has 27 heteroatoms. The minimum Gasteiger partial charge on any atom is -0.508 e. The van der Waals surface area contributed by atoms with Crippen LogP contribution >= 0.6 is 11.6 Å². The molecule has 3 aromatic carbocycles. The van der Waals surface area contributed by atoms with E-state index in [4.69, 9.17) is 23.1 Å². The van der Waals surface area contributed by atoms with Crippen LogP contribution in [-0.2, 0) is 67.2 Å². The van der Waals surface area contributed by atoms with Gasteiger partial charge >= 0.3 is 6.03 Å². The highest BCUT2D eigenvalue weighted by atomic mass is 35.5. The summed E-state index contributed by atoms with van der Waals surface area (Å²) in [4.78, 5) is 163. The lowest BCUT2D eigenvalue weighted by Gasteiger charge is -2.35. The SMILES string of the molecule is CC(=O)N(C(=O)[C@@H]1CCCN1C(=O)[C@H](CCCCNC(C)C)NC(=O)[C@H](CC(C)C)NC(=O)[C@@H](CCCCNC(N)=O)NC(=O)[C@H](Cc1ccc(O)cc1)NC(=O)[C@H](CO)NC(=O)[C@@H](Cc1cccnc1)NC(=O)[C@H](C)N)[C@H](Cc1ccc2ccccc2c1)C(=O)C1=CC(Cl)=CC[CH]1. The highest BCUT2D eigenvalue weighted by Gasteiger charge is 2.45. The minimum atomic E-state index is -1.70. The van der Waals surface area contributed by atoms with Gasteiger partial charge in [0.25, 0.3) is 5.91 Å². The third kappa shape index (κ3) is 24.2. The highest BCUT2D eigenvalue weighted by molar-refractivity contribution is 6.32. The molecule has 2 aliphatic rings. The van der Waals surface area contributed by atoms with Crippen molar-refractivity contribution in [1.29, 1.82) is 0 Å². The Morgan fingerprint density at radius 3 is 1.87 bits per heavy atom. The number of amides is 11. The van der Waals surface area contributed by atoms with E-state index in [9.17, 15) is 48.6 Å². The van der Waals surface area contributed by atoms with E-state index < -0.39 is 126 Å². The number of primary amides is 1. The topological polar surface area (TPSA) is 396 Å². The Morgan fingerprint density at radius 1 is 0.663 bits per heavy atom. The number of hydrogen-bond donors (Lipinski definition) is 12. The van der Waals surface area contributed by atoms with Gasteiger partial charge in [0.2, 0.25) is 47.3 Å². The number of rotatable bonds is 37. The fourth-order valence-corrected chi connectivity index (χ4v) is 11.9. The van der Waals surface area contributed by atoms with Gasteiger partial charge in [0.15, 0.2) is 5.78 Å². The average molecular weight is 1370 g/mol. The standard InChI is InChI=1S/C71H95ClN13O13/c1-42(2)34-56(81-64(91)54(21-9-12-32-77-71(74)98)78-66(93)57(36-46-25-28-53(88)29-26-46)82-68(95)59(41-86)83-67(94)58(80-63(90)44(5)73)37-48-16-14-30-75-40-48)65(92)79-55(22-10-11-31-76-43(3)4)69(96)84-33-15-23-60(84)70(97)85(45(6)87)61(62(89)51-19-13-20-52(72)39-51)38-47-24-27-49-17-7-8-18-50(49)35-47/h7-8,14,16-20,24-30,35,39-40,42-44,54-61,76,86,88H,9-13,15,21-23,31-34,36-38,41,73H2,1-6H3,(H,78,93)(H,79,92)(H,80,90)(H,81,91)(H,82,95)(H,83,94)(H3,74,77,98)/t44-,54+,55-,56-,57-,58+,59-,60-,61+/m0/s1. The van der Waals surface area contributed by atoms with Crippen molar-refractivity contribution in [2.45, 2.75) is 185 Å². The first-order chi connectivity index (χ1) is 46.7. The van der Waals surface area contributed by atoms with Crippen molar-refractivity contribution in [1.82, 2.24) is 57.3 Å². The number of phenols is 1. The van der Waals surface area contributed by atoms with Crippen LogP contribution in [0.4, 0.5) is 4.79 Å². The van der Waals surface area contributed by atoms with Crippen LogP contribution in [-0.4, -0.2) is 177 Å². The summed E-state index contributed by atoms with van der Waals surface area (Å²) in [6, 6.07) is 9.38. The van der Waals surface area contributed by atoms with E-state index in [1.165, 1.54) is 61.5 Å². The monoisotopic (exact) mass is 1370 g/mol. The van der Waals surface area contributed by atoms with Crippen molar-refractivity contribution in [3.8, 4) is 5.75 Å². The predicted octanol–water partition coefficient (Wildman–Crippen LogP) is 3.23.